The van der Waals surface area contributed by atoms with Crippen LogP contribution >= 0.6 is 11.8 Å². The molecule has 4 rings (SSSR count). The molecule has 0 aliphatic carbocycles. The summed E-state index contributed by atoms with van der Waals surface area (Å²) < 4.78 is 12.1. The van der Waals surface area contributed by atoms with Gasteiger partial charge in [-0.05, 0) is 43.9 Å². The zero-order chi connectivity index (χ0) is 25.8. The van der Waals surface area contributed by atoms with Crippen molar-refractivity contribution in [3.05, 3.63) is 88.9 Å². The van der Waals surface area contributed by atoms with Crippen molar-refractivity contribution < 1.29 is 19.1 Å². The molecule has 1 aliphatic rings. The molecule has 0 bridgehead atoms. The van der Waals surface area contributed by atoms with Gasteiger partial charge in [0.1, 0.15) is 0 Å². The Bertz CT molecular complexity index is 1300. The first-order valence-corrected chi connectivity index (χ1v) is 12.6. The number of esters is 2. The highest BCUT2D eigenvalue weighted by Gasteiger charge is 2.40. The fourth-order valence-corrected chi connectivity index (χ4v) is 5.14. The number of allylic oxidation sites excluding steroid dienone is 2. The van der Waals surface area contributed by atoms with E-state index in [1.165, 1.54) is 14.2 Å². The van der Waals surface area contributed by atoms with Gasteiger partial charge in [0.05, 0.1) is 42.7 Å². The number of carbonyl (C=O) groups excluding carboxylic acids is 2. The second-order valence-electron chi connectivity index (χ2n) is 8.29. The topological polar surface area (TPSA) is 82.5 Å². The number of dihydropyridines is 1. The summed E-state index contributed by atoms with van der Waals surface area (Å²) in [6.07, 6.45) is 1.88. The normalized spacial score (nSPS) is 14.0. The minimum absolute atomic E-state index is 0.343. The van der Waals surface area contributed by atoms with Crippen LogP contribution in [0.4, 0.5) is 0 Å². The van der Waals surface area contributed by atoms with Gasteiger partial charge in [0.2, 0.25) is 0 Å². The largest absolute Gasteiger partial charge is 0.466 e. The standard InChI is InChI=1S/C28H29N3O4S/c1-6-36-21-14-12-19(13-15-21)26-22(16-31(30-26)20-10-8-7-9-11-20)25-23(27(32)34-4)17(2)29-18(3)24(25)28(33)35-5/h7-16,25,29H,6H2,1-5H3. The van der Waals surface area contributed by atoms with Crippen LogP contribution in [0.15, 0.2) is 88.2 Å². The molecule has 0 radical (unpaired) electrons. The Labute approximate surface area is 215 Å². The number of hydrogen-bond donors (Lipinski definition) is 1. The van der Waals surface area contributed by atoms with Crippen LogP contribution in [0.25, 0.3) is 16.9 Å². The molecule has 7 nitrogen and oxygen atoms in total. The first-order valence-electron chi connectivity index (χ1n) is 11.6. The van der Waals surface area contributed by atoms with Crippen molar-refractivity contribution in [3.8, 4) is 16.9 Å². The molecule has 36 heavy (non-hydrogen) atoms. The molecule has 3 aromatic rings. The number of hydrogen-bond acceptors (Lipinski definition) is 7. The van der Waals surface area contributed by atoms with Crippen molar-refractivity contribution in [1.82, 2.24) is 15.1 Å². The molecule has 0 unspecified atom stereocenters. The van der Waals surface area contributed by atoms with Crippen LogP contribution in [0.3, 0.4) is 0 Å². The second kappa shape index (κ2) is 10.9. The molecule has 1 aliphatic heterocycles. The fourth-order valence-electron chi connectivity index (χ4n) is 4.48. The molecule has 0 spiro atoms. The summed E-state index contributed by atoms with van der Waals surface area (Å²) in [4.78, 5) is 27.2. The number of nitrogens with one attached hydrogen (secondary N) is 1. The zero-order valence-corrected chi connectivity index (χ0v) is 21.8. The van der Waals surface area contributed by atoms with E-state index in [1.54, 1.807) is 30.3 Å². The van der Waals surface area contributed by atoms with Crippen LogP contribution in [0.2, 0.25) is 0 Å². The van der Waals surface area contributed by atoms with Gasteiger partial charge in [-0.1, -0.05) is 37.3 Å². The van der Waals surface area contributed by atoms with Crippen molar-refractivity contribution in [2.75, 3.05) is 20.0 Å². The third-order valence-corrected chi connectivity index (χ3v) is 6.98. The fraction of sp³-hybridized carbons (Fsp3) is 0.250. The summed E-state index contributed by atoms with van der Waals surface area (Å²) in [7, 11) is 2.67. The number of carbonyl (C=O) groups is 2. The average molecular weight is 504 g/mol. The lowest BCUT2D eigenvalue weighted by atomic mass is 9.79. The number of aromatic nitrogens is 2. The molecule has 186 valence electrons. The van der Waals surface area contributed by atoms with E-state index in [9.17, 15) is 9.59 Å². The monoisotopic (exact) mass is 503 g/mol. The van der Waals surface area contributed by atoms with Crippen LogP contribution in [-0.4, -0.2) is 41.7 Å². The van der Waals surface area contributed by atoms with E-state index in [0.717, 1.165) is 21.9 Å². The molecule has 1 N–H and O–H groups in total. The van der Waals surface area contributed by atoms with Crippen molar-refractivity contribution >= 4 is 23.7 Å². The van der Waals surface area contributed by atoms with Gasteiger partial charge in [-0.2, -0.15) is 5.10 Å². The summed E-state index contributed by atoms with van der Waals surface area (Å²) in [6.45, 7) is 5.71. The Morgan fingerprint density at radius 1 is 0.944 bits per heavy atom. The summed E-state index contributed by atoms with van der Waals surface area (Å²) in [5, 5.41) is 8.09. The molecule has 0 amide bonds. The third kappa shape index (κ3) is 4.81. The minimum atomic E-state index is -0.733. The molecule has 0 atom stereocenters. The SMILES string of the molecule is CCSc1ccc(-c2nn(-c3ccccc3)cc2C2C(C(=O)OC)=C(C)NC(C)=C2C(=O)OC)cc1. The van der Waals surface area contributed by atoms with E-state index in [0.29, 0.717) is 33.8 Å². The van der Waals surface area contributed by atoms with Crippen LogP contribution in [-0.2, 0) is 19.1 Å². The summed E-state index contributed by atoms with van der Waals surface area (Å²) >= 11 is 1.76. The number of nitrogens with zero attached hydrogens (tertiary/aromatic N) is 2. The third-order valence-electron chi connectivity index (χ3n) is 6.08. The zero-order valence-electron chi connectivity index (χ0n) is 21.0. The summed E-state index contributed by atoms with van der Waals surface area (Å²) in [5.74, 6) is -0.802. The number of benzene rings is 2. The van der Waals surface area contributed by atoms with Gasteiger partial charge in [-0.3, -0.25) is 0 Å². The lowest BCUT2D eigenvalue weighted by Crippen LogP contribution is -2.32. The van der Waals surface area contributed by atoms with E-state index < -0.39 is 17.9 Å². The minimum Gasteiger partial charge on any atom is -0.466 e. The van der Waals surface area contributed by atoms with Crippen LogP contribution < -0.4 is 5.32 Å². The molecule has 8 heteroatoms. The predicted octanol–water partition coefficient (Wildman–Crippen LogP) is 5.23. The van der Waals surface area contributed by atoms with Gasteiger partial charge >= 0.3 is 11.9 Å². The highest BCUT2D eigenvalue weighted by molar-refractivity contribution is 7.99. The molecule has 0 fully saturated rings. The quantitative estimate of drug-likeness (QED) is 0.349. The molecule has 2 aromatic carbocycles. The Morgan fingerprint density at radius 3 is 2.06 bits per heavy atom. The lowest BCUT2D eigenvalue weighted by Gasteiger charge is -2.29. The van der Waals surface area contributed by atoms with Crippen molar-refractivity contribution in [1.29, 1.82) is 0 Å². The predicted molar refractivity (Wildman–Crippen MR) is 141 cm³/mol. The van der Waals surface area contributed by atoms with E-state index in [-0.39, 0.29) is 0 Å². The van der Waals surface area contributed by atoms with E-state index in [1.807, 2.05) is 48.7 Å². The summed E-state index contributed by atoms with van der Waals surface area (Å²) in [6, 6.07) is 17.9. The Morgan fingerprint density at radius 2 is 1.53 bits per heavy atom. The second-order valence-corrected chi connectivity index (χ2v) is 9.63. The smallest absolute Gasteiger partial charge is 0.336 e. The van der Waals surface area contributed by atoms with Gasteiger partial charge in [0.25, 0.3) is 0 Å². The van der Waals surface area contributed by atoms with Gasteiger partial charge in [-0.15, -0.1) is 11.8 Å². The number of methoxy groups -OCH3 is 2. The molecular weight excluding hydrogens is 474 g/mol. The Balaban J connectivity index is 1.99. The first-order chi connectivity index (χ1) is 17.4. The lowest BCUT2D eigenvalue weighted by molar-refractivity contribution is -0.137. The number of rotatable bonds is 7. The maximum Gasteiger partial charge on any atom is 0.336 e. The van der Waals surface area contributed by atoms with E-state index >= 15 is 0 Å². The van der Waals surface area contributed by atoms with E-state index in [4.69, 9.17) is 14.6 Å². The molecule has 2 heterocycles. The average Bonchev–Trinajstić information content (AvgIpc) is 3.34. The van der Waals surface area contributed by atoms with Crippen molar-refractivity contribution in [2.24, 2.45) is 0 Å². The van der Waals surface area contributed by atoms with Crippen LogP contribution in [0.5, 0.6) is 0 Å². The molecule has 0 saturated heterocycles. The number of ether oxygens (including phenoxy) is 2. The maximum atomic E-state index is 13.0. The van der Waals surface area contributed by atoms with Crippen LogP contribution in [0.1, 0.15) is 32.3 Å². The Hall–Kier alpha value is -3.78. The van der Waals surface area contributed by atoms with Gasteiger partial charge in [-0.25, -0.2) is 14.3 Å². The highest BCUT2D eigenvalue weighted by atomic mass is 32.2. The van der Waals surface area contributed by atoms with Crippen molar-refractivity contribution in [3.63, 3.8) is 0 Å². The summed E-state index contributed by atoms with van der Waals surface area (Å²) in [5.41, 5.74) is 5.03. The van der Waals surface area contributed by atoms with Gasteiger partial charge in [0.15, 0.2) is 0 Å². The number of thioether (sulfide) groups is 1. The van der Waals surface area contributed by atoms with Crippen molar-refractivity contribution in [2.45, 2.75) is 31.6 Å². The van der Waals surface area contributed by atoms with Gasteiger partial charge in [0, 0.05) is 33.6 Å². The molecule has 0 saturated carbocycles. The highest BCUT2D eigenvalue weighted by Crippen LogP contribution is 2.43. The molecular formula is C28H29N3O4S. The van der Waals surface area contributed by atoms with E-state index in [2.05, 4.69) is 24.4 Å². The van der Waals surface area contributed by atoms with Crippen LogP contribution in [0, 0.1) is 0 Å². The Kier molecular flexibility index (Phi) is 7.64. The number of para-hydroxylation sites is 1. The van der Waals surface area contributed by atoms with Gasteiger partial charge < -0.3 is 14.8 Å². The molecule has 1 aromatic heterocycles. The first kappa shape index (κ1) is 25.3. The maximum absolute atomic E-state index is 13.0.